The van der Waals surface area contributed by atoms with Crippen LogP contribution in [0.5, 0.6) is 0 Å². The molecule has 0 saturated heterocycles. The van der Waals surface area contributed by atoms with Crippen molar-refractivity contribution < 1.29 is 0 Å². The molecular weight excluding hydrogens is 244 g/mol. The molecule has 1 aromatic carbocycles. The van der Waals surface area contributed by atoms with Crippen molar-refractivity contribution in [1.82, 2.24) is 5.43 Å². The number of rotatable bonds is 6. The Kier molecular flexibility index (Phi) is 6.06. The van der Waals surface area contributed by atoms with Gasteiger partial charge in [-0.3, -0.25) is 11.3 Å². The molecule has 3 N–H and O–H groups in total. The van der Waals surface area contributed by atoms with Crippen LogP contribution in [0.3, 0.4) is 0 Å². The predicted octanol–water partition coefficient (Wildman–Crippen LogP) is 3.84. The van der Waals surface area contributed by atoms with E-state index >= 15 is 0 Å². The largest absolute Gasteiger partial charge is 0.271 e. The minimum Gasteiger partial charge on any atom is -0.271 e. The molecule has 0 aliphatic heterocycles. The normalized spacial score (nSPS) is 24.6. The van der Waals surface area contributed by atoms with Gasteiger partial charge < -0.3 is 0 Å². The molecule has 1 unspecified atom stereocenters. The third kappa shape index (κ3) is 4.07. The Morgan fingerprint density at radius 2 is 1.65 bits per heavy atom. The summed E-state index contributed by atoms with van der Waals surface area (Å²) in [5, 5.41) is 0. The summed E-state index contributed by atoms with van der Waals surface area (Å²) >= 11 is 0. The van der Waals surface area contributed by atoms with Gasteiger partial charge in [0.1, 0.15) is 0 Å². The summed E-state index contributed by atoms with van der Waals surface area (Å²) in [6.45, 7) is 4.52. The number of hydrogen-bond acceptors (Lipinski definition) is 2. The molecule has 112 valence electrons. The second kappa shape index (κ2) is 7.80. The lowest BCUT2D eigenvalue weighted by atomic mass is 9.76. The molecule has 1 aliphatic rings. The second-order valence-corrected chi connectivity index (χ2v) is 6.34. The van der Waals surface area contributed by atoms with Gasteiger partial charge in [0.05, 0.1) is 0 Å². The fourth-order valence-electron chi connectivity index (χ4n) is 3.53. The molecule has 0 spiro atoms. The number of hydrazine groups is 1. The topological polar surface area (TPSA) is 38.0 Å². The lowest BCUT2D eigenvalue weighted by Gasteiger charge is -2.33. The molecule has 2 rings (SSSR count). The minimum atomic E-state index is 0.431. The first-order chi connectivity index (χ1) is 9.76. The first kappa shape index (κ1) is 15.5. The van der Waals surface area contributed by atoms with E-state index in [1.54, 1.807) is 0 Å². The summed E-state index contributed by atoms with van der Waals surface area (Å²) in [6, 6.07) is 9.45. The van der Waals surface area contributed by atoms with Gasteiger partial charge in [-0.1, -0.05) is 57.4 Å². The van der Waals surface area contributed by atoms with Crippen LogP contribution in [-0.2, 0) is 12.8 Å². The van der Waals surface area contributed by atoms with Gasteiger partial charge in [0, 0.05) is 6.04 Å². The van der Waals surface area contributed by atoms with E-state index in [1.807, 2.05) is 0 Å². The molecule has 1 fully saturated rings. The summed E-state index contributed by atoms with van der Waals surface area (Å²) in [5.41, 5.74) is 5.90. The SMILES string of the molecule is CCc1ccc(CC(NN)C2CCC(CC)CC2)cc1. The van der Waals surface area contributed by atoms with Crippen molar-refractivity contribution in [3.63, 3.8) is 0 Å². The summed E-state index contributed by atoms with van der Waals surface area (Å²) in [5.74, 6) is 7.52. The van der Waals surface area contributed by atoms with Crippen LogP contribution in [0.15, 0.2) is 24.3 Å². The van der Waals surface area contributed by atoms with Crippen LogP contribution in [0.4, 0.5) is 0 Å². The maximum absolute atomic E-state index is 5.82. The Balaban J connectivity index is 1.91. The number of benzene rings is 1. The van der Waals surface area contributed by atoms with Crippen LogP contribution < -0.4 is 11.3 Å². The smallest absolute Gasteiger partial charge is 0.0279 e. The first-order valence-electron chi connectivity index (χ1n) is 8.30. The van der Waals surface area contributed by atoms with Crippen LogP contribution in [0, 0.1) is 11.8 Å². The summed E-state index contributed by atoms with van der Waals surface area (Å²) in [6.07, 6.45) is 8.94. The van der Waals surface area contributed by atoms with E-state index < -0.39 is 0 Å². The average Bonchev–Trinajstić information content (AvgIpc) is 2.53. The summed E-state index contributed by atoms with van der Waals surface area (Å²) in [4.78, 5) is 0. The van der Waals surface area contributed by atoms with E-state index in [0.717, 1.165) is 24.7 Å². The van der Waals surface area contributed by atoms with Crippen LogP contribution >= 0.6 is 0 Å². The van der Waals surface area contributed by atoms with Crippen molar-refractivity contribution in [1.29, 1.82) is 0 Å². The molecule has 2 heteroatoms. The highest BCUT2D eigenvalue weighted by molar-refractivity contribution is 5.23. The highest BCUT2D eigenvalue weighted by Gasteiger charge is 2.26. The molecule has 1 saturated carbocycles. The van der Waals surface area contributed by atoms with Gasteiger partial charge >= 0.3 is 0 Å². The fourth-order valence-corrected chi connectivity index (χ4v) is 3.53. The van der Waals surface area contributed by atoms with Crippen molar-refractivity contribution in [2.75, 3.05) is 0 Å². The van der Waals surface area contributed by atoms with E-state index in [4.69, 9.17) is 5.84 Å². The number of hydrogen-bond donors (Lipinski definition) is 2. The Morgan fingerprint density at radius 1 is 1.05 bits per heavy atom. The van der Waals surface area contributed by atoms with Gasteiger partial charge in [0.25, 0.3) is 0 Å². The summed E-state index contributed by atoms with van der Waals surface area (Å²) < 4.78 is 0. The predicted molar refractivity (Wildman–Crippen MR) is 86.4 cm³/mol. The molecule has 0 radical (unpaired) electrons. The van der Waals surface area contributed by atoms with Gasteiger partial charge in [0.2, 0.25) is 0 Å². The van der Waals surface area contributed by atoms with Gasteiger partial charge in [-0.25, -0.2) is 0 Å². The maximum atomic E-state index is 5.82. The highest BCUT2D eigenvalue weighted by atomic mass is 15.2. The van der Waals surface area contributed by atoms with Crippen LogP contribution in [-0.4, -0.2) is 6.04 Å². The second-order valence-electron chi connectivity index (χ2n) is 6.34. The van der Waals surface area contributed by atoms with Crippen molar-refractivity contribution in [3.8, 4) is 0 Å². The first-order valence-corrected chi connectivity index (χ1v) is 8.30. The lowest BCUT2D eigenvalue weighted by Crippen LogP contribution is -2.43. The molecule has 0 heterocycles. The number of nitrogens with one attached hydrogen (secondary N) is 1. The minimum absolute atomic E-state index is 0.431. The van der Waals surface area contributed by atoms with Gasteiger partial charge in [-0.2, -0.15) is 0 Å². The zero-order chi connectivity index (χ0) is 14.4. The lowest BCUT2D eigenvalue weighted by molar-refractivity contribution is 0.217. The van der Waals surface area contributed by atoms with Crippen molar-refractivity contribution in [2.24, 2.45) is 17.7 Å². The Morgan fingerprint density at radius 3 is 2.15 bits per heavy atom. The molecule has 20 heavy (non-hydrogen) atoms. The van der Waals surface area contributed by atoms with Crippen LogP contribution in [0.2, 0.25) is 0 Å². The van der Waals surface area contributed by atoms with E-state index in [9.17, 15) is 0 Å². The van der Waals surface area contributed by atoms with Gasteiger partial charge in [0.15, 0.2) is 0 Å². The van der Waals surface area contributed by atoms with Gasteiger partial charge in [-0.05, 0) is 48.6 Å². The third-order valence-corrected chi connectivity index (χ3v) is 5.14. The summed E-state index contributed by atoms with van der Waals surface area (Å²) in [7, 11) is 0. The third-order valence-electron chi connectivity index (χ3n) is 5.14. The van der Waals surface area contributed by atoms with Gasteiger partial charge in [-0.15, -0.1) is 0 Å². The van der Waals surface area contributed by atoms with Crippen molar-refractivity contribution in [3.05, 3.63) is 35.4 Å². The van der Waals surface area contributed by atoms with E-state index in [0.29, 0.717) is 6.04 Å². The zero-order valence-electron chi connectivity index (χ0n) is 13.1. The molecular formula is C18H30N2. The Bertz CT molecular complexity index is 377. The Labute approximate surface area is 124 Å². The van der Waals surface area contributed by atoms with Crippen LogP contribution in [0.1, 0.15) is 57.1 Å². The zero-order valence-corrected chi connectivity index (χ0v) is 13.1. The van der Waals surface area contributed by atoms with E-state index in [2.05, 4.69) is 43.5 Å². The average molecular weight is 274 g/mol. The molecule has 0 amide bonds. The standard InChI is InChI=1S/C18H30N2/c1-3-14-5-7-16(8-6-14)13-18(20-19)17-11-9-15(4-2)10-12-17/h5-8,15,17-18,20H,3-4,9-13,19H2,1-2H3. The van der Waals surface area contributed by atoms with E-state index in [-0.39, 0.29) is 0 Å². The molecule has 0 bridgehead atoms. The Hall–Kier alpha value is -0.860. The fraction of sp³-hybridized carbons (Fsp3) is 0.667. The van der Waals surface area contributed by atoms with Crippen molar-refractivity contribution in [2.45, 2.75) is 64.8 Å². The molecule has 1 atom stereocenters. The molecule has 1 aliphatic carbocycles. The van der Waals surface area contributed by atoms with E-state index in [1.165, 1.54) is 43.2 Å². The quantitative estimate of drug-likeness (QED) is 0.611. The number of nitrogens with two attached hydrogens (primary N) is 1. The molecule has 1 aromatic rings. The highest BCUT2D eigenvalue weighted by Crippen LogP contribution is 2.33. The monoisotopic (exact) mass is 274 g/mol. The maximum Gasteiger partial charge on any atom is 0.0279 e. The van der Waals surface area contributed by atoms with Crippen LogP contribution in [0.25, 0.3) is 0 Å². The molecule has 2 nitrogen and oxygen atoms in total. The molecule has 0 aromatic heterocycles. The number of aryl methyl sites for hydroxylation is 1. The van der Waals surface area contributed by atoms with Crippen molar-refractivity contribution >= 4 is 0 Å².